The fourth-order valence-electron chi connectivity index (χ4n) is 3.22. The molecule has 0 heterocycles. The zero-order valence-corrected chi connectivity index (χ0v) is 16.2. The monoisotopic (exact) mass is 342 g/mol. The molecule has 3 heteroatoms. The van der Waals surface area contributed by atoms with Crippen molar-refractivity contribution in [2.45, 2.75) is 51.9 Å². The second-order valence-electron chi connectivity index (χ2n) is 7.12. The molecule has 0 fully saturated rings. The van der Waals surface area contributed by atoms with Gasteiger partial charge in [-0.1, -0.05) is 43.7 Å². The van der Waals surface area contributed by atoms with Gasteiger partial charge < -0.3 is 4.90 Å². The molecular formula is C22H34N2O. The van der Waals surface area contributed by atoms with Crippen molar-refractivity contribution in [3.05, 3.63) is 52.7 Å². The average molecular weight is 343 g/mol. The normalized spacial score (nSPS) is 16.7. The minimum atomic E-state index is 0.737. The number of nitrogens with zero attached hydrogens (tertiary/aromatic N) is 1. The van der Waals surface area contributed by atoms with Crippen LogP contribution < -0.4 is 5.48 Å². The van der Waals surface area contributed by atoms with Crippen molar-refractivity contribution in [2.24, 2.45) is 0 Å². The molecule has 0 unspecified atom stereocenters. The molecule has 0 radical (unpaired) electrons. The van der Waals surface area contributed by atoms with Crippen LogP contribution >= 0.6 is 0 Å². The van der Waals surface area contributed by atoms with Gasteiger partial charge in [-0.2, -0.15) is 0 Å². The summed E-state index contributed by atoms with van der Waals surface area (Å²) in [6, 6.07) is 10.6. The first-order valence-electron chi connectivity index (χ1n) is 9.71. The van der Waals surface area contributed by atoms with E-state index in [4.69, 9.17) is 4.84 Å². The van der Waals surface area contributed by atoms with Crippen LogP contribution in [0.5, 0.6) is 0 Å². The molecule has 1 aliphatic rings. The van der Waals surface area contributed by atoms with Crippen LogP contribution in [0.4, 0.5) is 0 Å². The van der Waals surface area contributed by atoms with E-state index in [0.717, 1.165) is 26.0 Å². The van der Waals surface area contributed by atoms with Gasteiger partial charge in [0, 0.05) is 0 Å². The van der Waals surface area contributed by atoms with Crippen LogP contribution in [0, 0.1) is 0 Å². The Bertz CT molecular complexity index is 561. The van der Waals surface area contributed by atoms with E-state index in [1.54, 1.807) is 0 Å². The average Bonchev–Trinajstić information content (AvgIpc) is 2.61. The smallest absolute Gasteiger partial charge is 0.0758 e. The van der Waals surface area contributed by atoms with Crippen molar-refractivity contribution in [1.82, 2.24) is 10.4 Å². The molecule has 2 rings (SSSR count). The number of hydrogen-bond donors (Lipinski definition) is 1. The maximum atomic E-state index is 5.83. The second kappa shape index (κ2) is 11.1. The Morgan fingerprint density at radius 3 is 2.64 bits per heavy atom. The van der Waals surface area contributed by atoms with Crippen molar-refractivity contribution < 1.29 is 4.84 Å². The van der Waals surface area contributed by atoms with Gasteiger partial charge in [0.05, 0.1) is 12.3 Å². The zero-order valence-electron chi connectivity index (χ0n) is 16.2. The fourth-order valence-corrected chi connectivity index (χ4v) is 3.22. The lowest BCUT2D eigenvalue weighted by Crippen LogP contribution is -2.23. The summed E-state index contributed by atoms with van der Waals surface area (Å²) in [5, 5.41) is 0. The van der Waals surface area contributed by atoms with E-state index in [9.17, 15) is 0 Å². The molecule has 0 amide bonds. The highest BCUT2D eigenvalue weighted by molar-refractivity contribution is 5.59. The summed E-state index contributed by atoms with van der Waals surface area (Å²) < 4.78 is 0. The molecule has 138 valence electrons. The fraction of sp³-hybridized carbons (Fsp3) is 0.545. The van der Waals surface area contributed by atoms with Gasteiger partial charge in [0.15, 0.2) is 0 Å². The molecule has 0 saturated carbocycles. The molecule has 0 bridgehead atoms. The summed E-state index contributed by atoms with van der Waals surface area (Å²) in [5.41, 5.74) is 8.74. The molecule has 1 aliphatic carbocycles. The van der Waals surface area contributed by atoms with E-state index < -0.39 is 0 Å². The van der Waals surface area contributed by atoms with E-state index >= 15 is 0 Å². The molecule has 0 spiro atoms. The standard InChI is InChI=1S/C22H34N2O/c1-4-5-13-20-14-9-15-21(18-19-11-7-6-8-12-19)22(20)23-25-17-10-16-24(2)3/h6-8,11-12,18,23H,4-5,9-10,13-17H2,1-3H3. The molecule has 1 aromatic carbocycles. The molecule has 3 nitrogen and oxygen atoms in total. The molecule has 1 N–H and O–H groups in total. The second-order valence-corrected chi connectivity index (χ2v) is 7.12. The predicted molar refractivity (Wildman–Crippen MR) is 107 cm³/mol. The Balaban J connectivity index is 2.08. The Morgan fingerprint density at radius 2 is 1.92 bits per heavy atom. The first-order valence-corrected chi connectivity index (χ1v) is 9.71. The maximum absolute atomic E-state index is 5.83. The van der Waals surface area contributed by atoms with E-state index in [1.807, 2.05) is 0 Å². The number of nitrogens with one attached hydrogen (secondary N) is 1. The van der Waals surface area contributed by atoms with Gasteiger partial charge in [0.2, 0.25) is 0 Å². The Morgan fingerprint density at radius 1 is 1.12 bits per heavy atom. The Labute approximate surface area is 153 Å². The molecule has 25 heavy (non-hydrogen) atoms. The van der Waals surface area contributed by atoms with Crippen LogP contribution in [0.2, 0.25) is 0 Å². The van der Waals surface area contributed by atoms with E-state index in [1.165, 1.54) is 54.5 Å². The van der Waals surface area contributed by atoms with Crippen LogP contribution in [0.1, 0.15) is 57.4 Å². The van der Waals surface area contributed by atoms with Crippen LogP contribution in [-0.4, -0.2) is 32.1 Å². The van der Waals surface area contributed by atoms with Gasteiger partial charge in [0.25, 0.3) is 0 Å². The van der Waals surface area contributed by atoms with E-state index in [2.05, 4.69) is 67.8 Å². The lowest BCUT2D eigenvalue weighted by atomic mass is 9.88. The van der Waals surface area contributed by atoms with Gasteiger partial charge >= 0.3 is 0 Å². The third-order valence-corrected chi connectivity index (χ3v) is 4.60. The summed E-state index contributed by atoms with van der Waals surface area (Å²) in [6.07, 6.45) is 10.6. The number of rotatable bonds is 10. The highest BCUT2D eigenvalue weighted by atomic mass is 16.6. The molecular weight excluding hydrogens is 308 g/mol. The minimum Gasteiger partial charge on any atom is -0.309 e. The molecule has 0 aromatic heterocycles. The largest absolute Gasteiger partial charge is 0.309 e. The Hall–Kier alpha value is -1.58. The van der Waals surface area contributed by atoms with Crippen molar-refractivity contribution in [1.29, 1.82) is 0 Å². The van der Waals surface area contributed by atoms with Crippen LogP contribution in [0.25, 0.3) is 6.08 Å². The highest BCUT2D eigenvalue weighted by Crippen LogP contribution is 2.32. The lowest BCUT2D eigenvalue weighted by Gasteiger charge is -2.24. The number of hydroxylamine groups is 1. The topological polar surface area (TPSA) is 24.5 Å². The van der Waals surface area contributed by atoms with Crippen molar-refractivity contribution >= 4 is 6.08 Å². The summed E-state index contributed by atoms with van der Waals surface area (Å²) in [4.78, 5) is 8.02. The van der Waals surface area contributed by atoms with Gasteiger partial charge in [-0.05, 0) is 82.0 Å². The van der Waals surface area contributed by atoms with Gasteiger partial charge in [-0.3, -0.25) is 10.3 Å². The summed E-state index contributed by atoms with van der Waals surface area (Å²) in [6.45, 7) is 4.05. The third kappa shape index (κ3) is 7.05. The van der Waals surface area contributed by atoms with Crippen LogP contribution in [0.15, 0.2) is 47.2 Å². The van der Waals surface area contributed by atoms with Gasteiger partial charge in [0.1, 0.15) is 0 Å². The number of unbranched alkanes of at least 4 members (excludes halogenated alkanes) is 1. The highest BCUT2D eigenvalue weighted by Gasteiger charge is 2.17. The molecule has 0 atom stereocenters. The van der Waals surface area contributed by atoms with E-state index in [-0.39, 0.29) is 0 Å². The number of benzene rings is 1. The van der Waals surface area contributed by atoms with Crippen LogP contribution in [-0.2, 0) is 4.84 Å². The zero-order chi connectivity index (χ0) is 17.9. The van der Waals surface area contributed by atoms with Crippen LogP contribution in [0.3, 0.4) is 0 Å². The Kier molecular flexibility index (Phi) is 8.78. The van der Waals surface area contributed by atoms with Crippen molar-refractivity contribution in [3.63, 3.8) is 0 Å². The lowest BCUT2D eigenvalue weighted by molar-refractivity contribution is 0.0574. The van der Waals surface area contributed by atoms with Gasteiger partial charge in [-0.25, -0.2) is 0 Å². The molecule has 0 aliphatic heterocycles. The van der Waals surface area contributed by atoms with Crippen molar-refractivity contribution in [3.8, 4) is 0 Å². The first-order chi connectivity index (χ1) is 12.2. The first kappa shape index (κ1) is 19.7. The summed E-state index contributed by atoms with van der Waals surface area (Å²) in [5.74, 6) is 0. The molecule has 0 saturated heterocycles. The SMILES string of the molecule is CCCCC1=C(NOCCCN(C)C)C(=Cc2ccccc2)CCC1. The third-order valence-electron chi connectivity index (χ3n) is 4.60. The maximum Gasteiger partial charge on any atom is 0.0758 e. The molecule has 1 aromatic rings. The van der Waals surface area contributed by atoms with E-state index in [0.29, 0.717) is 0 Å². The summed E-state index contributed by atoms with van der Waals surface area (Å²) in [7, 11) is 4.20. The minimum absolute atomic E-state index is 0.737. The predicted octanol–water partition coefficient (Wildman–Crippen LogP) is 5.17. The number of allylic oxidation sites excluding steroid dienone is 2. The van der Waals surface area contributed by atoms with Gasteiger partial charge in [-0.15, -0.1) is 0 Å². The van der Waals surface area contributed by atoms with Crippen molar-refractivity contribution in [2.75, 3.05) is 27.2 Å². The summed E-state index contributed by atoms with van der Waals surface area (Å²) >= 11 is 0. The number of hydrogen-bond acceptors (Lipinski definition) is 3. The quantitative estimate of drug-likeness (QED) is 0.469.